The maximum absolute atomic E-state index is 12.3. The van der Waals surface area contributed by atoms with Gasteiger partial charge in [0.1, 0.15) is 0 Å². The van der Waals surface area contributed by atoms with E-state index in [4.69, 9.17) is 0 Å². The molecule has 1 unspecified atom stereocenters. The Labute approximate surface area is 123 Å². The van der Waals surface area contributed by atoms with Gasteiger partial charge in [0.25, 0.3) is 0 Å². The molecule has 114 valence electrons. The third kappa shape index (κ3) is 4.32. The third-order valence-electron chi connectivity index (χ3n) is 3.66. The summed E-state index contributed by atoms with van der Waals surface area (Å²) in [7, 11) is -3.45. The lowest BCUT2D eigenvalue weighted by molar-refractivity contribution is 0.317. The molecule has 0 radical (unpaired) electrons. The second kappa shape index (κ2) is 5.49. The molecule has 3 nitrogen and oxygen atoms in total. The van der Waals surface area contributed by atoms with Gasteiger partial charge in [-0.1, -0.05) is 53.7 Å². The Bertz CT molecular complexity index is 546. The average Bonchev–Trinajstić information content (AvgIpc) is 2.26. The minimum Gasteiger partial charge on any atom is -0.208 e. The van der Waals surface area contributed by atoms with E-state index in [1.54, 1.807) is 12.1 Å². The molecule has 0 spiro atoms. The topological polar surface area (TPSA) is 46.2 Å². The predicted molar refractivity (Wildman–Crippen MR) is 84.4 cm³/mol. The number of hydrogen-bond acceptors (Lipinski definition) is 2. The molecule has 20 heavy (non-hydrogen) atoms. The Morgan fingerprint density at radius 1 is 0.950 bits per heavy atom. The second-order valence-electron chi connectivity index (χ2n) is 7.48. The fraction of sp³-hybridized carbons (Fsp3) is 0.625. The van der Waals surface area contributed by atoms with E-state index in [1.807, 2.05) is 39.8 Å². The molecule has 0 aliphatic carbocycles. The Hall–Kier alpha value is -0.870. The van der Waals surface area contributed by atoms with Crippen LogP contribution in [0.1, 0.15) is 54.0 Å². The van der Waals surface area contributed by atoms with Gasteiger partial charge in [-0.25, -0.2) is 13.1 Å². The van der Waals surface area contributed by atoms with E-state index in [2.05, 4.69) is 25.5 Å². The largest absolute Gasteiger partial charge is 0.240 e. The molecule has 1 aromatic rings. The van der Waals surface area contributed by atoms with Crippen LogP contribution in [0.15, 0.2) is 29.2 Å². The quantitative estimate of drug-likeness (QED) is 0.924. The van der Waals surface area contributed by atoms with Crippen molar-refractivity contribution in [3.05, 3.63) is 29.8 Å². The van der Waals surface area contributed by atoms with Crippen molar-refractivity contribution in [3.8, 4) is 0 Å². The van der Waals surface area contributed by atoms with E-state index in [0.29, 0.717) is 4.90 Å². The highest BCUT2D eigenvalue weighted by Crippen LogP contribution is 2.24. The second-order valence-corrected chi connectivity index (χ2v) is 9.20. The van der Waals surface area contributed by atoms with Gasteiger partial charge in [-0.3, -0.25) is 0 Å². The number of rotatable bonds is 3. The molecular weight excluding hydrogens is 270 g/mol. The summed E-state index contributed by atoms with van der Waals surface area (Å²) in [6, 6.07) is 7.00. The van der Waals surface area contributed by atoms with Crippen LogP contribution < -0.4 is 4.72 Å². The lowest BCUT2D eigenvalue weighted by atomic mass is 9.87. The first kappa shape index (κ1) is 17.2. The molecule has 0 aliphatic rings. The Morgan fingerprint density at radius 3 is 1.75 bits per heavy atom. The van der Waals surface area contributed by atoms with Gasteiger partial charge in [0.2, 0.25) is 10.0 Å². The zero-order valence-corrected chi connectivity index (χ0v) is 14.4. The molecule has 0 heterocycles. The summed E-state index contributed by atoms with van der Waals surface area (Å²) >= 11 is 0. The van der Waals surface area contributed by atoms with Gasteiger partial charge >= 0.3 is 0 Å². The van der Waals surface area contributed by atoms with Gasteiger partial charge in [-0.2, -0.15) is 0 Å². The average molecular weight is 297 g/mol. The van der Waals surface area contributed by atoms with Crippen LogP contribution in [0.5, 0.6) is 0 Å². The van der Waals surface area contributed by atoms with Crippen molar-refractivity contribution in [1.29, 1.82) is 0 Å². The van der Waals surface area contributed by atoms with Gasteiger partial charge in [0.05, 0.1) is 4.90 Å². The zero-order chi connectivity index (χ0) is 15.8. The van der Waals surface area contributed by atoms with Crippen LogP contribution in [0.4, 0.5) is 0 Å². The van der Waals surface area contributed by atoms with E-state index in [1.165, 1.54) is 0 Å². The van der Waals surface area contributed by atoms with Crippen molar-refractivity contribution in [2.45, 2.75) is 64.8 Å². The van der Waals surface area contributed by atoms with Gasteiger partial charge in [0, 0.05) is 6.04 Å². The van der Waals surface area contributed by atoms with Crippen molar-refractivity contribution in [2.75, 3.05) is 0 Å². The molecule has 0 fully saturated rings. The Balaban J connectivity index is 3.00. The first-order chi connectivity index (χ1) is 8.84. The van der Waals surface area contributed by atoms with Crippen LogP contribution in [0.2, 0.25) is 0 Å². The first-order valence-electron chi connectivity index (χ1n) is 6.97. The summed E-state index contributed by atoms with van der Waals surface area (Å²) in [6.45, 7) is 14.3. The van der Waals surface area contributed by atoms with Gasteiger partial charge in [-0.15, -0.1) is 0 Å². The molecule has 0 saturated carbocycles. The summed E-state index contributed by atoms with van der Waals surface area (Å²) in [4.78, 5) is 0.321. The minimum atomic E-state index is -3.45. The molecule has 0 aromatic heterocycles. The van der Waals surface area contributed by atoms with Crippen molar-refractivity contribution in [1.82, 2.24) is 4.72 Å². The van der Waals surface area contributed by atoms with E-state index in [-0.39, 0.29) is 16.9 Å². The molecule has 4 heteroatoms. The lowest BCUT2D eigenvalue weighted by Gasteiger charge is -2.28. The van der Waals surface area contributed by atoms with Crippen molar-refractivity contribution < 1.29 is 8.42 Å². The summed E-state index contributed by atoms with van der Waals surface area (Å²) in [5.74, 6) is 0. The van der Waals surface area contributed by atoms with Crippen molar-refractivity contribution in [2.24, 2.45) is 5.41 Å². The van der Waals surface area contributed by atoms with E-state index in [0.717, 1.165) is 5.56 Å². The van der Waals surface area contributed by atoms with E-state index in [9.17, 15) is 8.42 Å². The highest BCUT2D eigenvalue weighted by atomic mass is 32.2. The summed E-state index contributed by atoms with van der Waals surface area (Å²) in [6.07, 6.45) is 0. The first-order valence-corrected chi connectivity index (χ1v) is 8.45. The van der Waals surface area contributed by atoms with Gasteiger partial charge in [0.15, 0.2) is 0 Å². The maximum Gasteiger partial charge on any atom is 0.240 e. The monoisotopic (exact) mass is 297 g/mol. The highest BCUT2D eigenvalue weighted by molar-refractivity contribution is 7.89. The Morgan fingerprint density at radius 2 is 1.40 bits per heavy atom. The van der Waals surface area contributed by atoms with Crippen LogP contribution in [-0.4, -0.2) is 14.5 Å². The molecule has 1 N–H and O–H groups in total. The number of hydrogen-bond donors (Lipinski definition) is 1. The Kier molecular flexibility index (Phi) is 4.72. The molecule has 0 saturated heterocycles. The molecule has 0 aliphatic heterocycles. The standard InChI is InChI=1S/C16H27NO2S/c1-12(15(2,3)4)17-20(18,19)14-10-8-13(9-11-14)16(5,6)7/h8-12,17H,1-7H3. The normalized spacial score (nSPS) is 15.2. The fourth-order valence-electron chi connectivity index (χ4n) is 1.61. The summed E-state index contributed by atoms with van der Waals surface area (Å²) in [5.41, 5.74) is 1.03. The highest BCUT2D eigenvalue weighted by Gasteiger charge is 2.26. The van der Waals surface area contributed by atoms with E-state index < -0.39 is 10.0 Å². The minimum absolute atomic E-state index is 0.0222. The lowest BCUT2D eigenvalue weighted by Crippen LogP contribution is -2.41. The van der Waals surface area contributed by atoms with Crippen molar-refractivity contribution >= 4 is 10.0 Å². The van der Waals surface area contributed by atoms with Gasteiger partial charge in [-0.05, 0) is 35.4 Å². The van der Waals surface area contributed by atoms with Crippen LogP contribution in [-0.2, 0) is 15.4 Å². The maximum atomic E-state index is 12.3. The zero-order valence-electron chi connectivity index (χ0n) is 13.6. The number of nitrogens with one attached hydrogen (secondary N) is 1. The molecular formula is C16H27NO2S. The molecule has 0 bridgehead atoms. The fourth-order valence-corrected chi connectivity index (χ4v) is 3.06. The van der Waals surface area contributed by atoms with Crippen molar-refractivity contribution in [3.63, 3.8) is 0 Å². The molecule has 1 rings (SSSR count). The van der Waals surface area contributed by atoms with Crippen LogP contribution in [0, 0.1) is 5.41 Å². The summed E-state index contributed by atoms with van der Waals surface area (Å²) < 4.78 is 27.4. The molecule has 1 aromatic carbocycles. The van der Waals surface area contributed by atoms with Crippen LogP contribution in [0.25, 0.3) is 0 Å². The van der Waals surface area contributed by atoms with Crippen LogP contribution in [0.3, 0.4) is 0 Å². The predicted octanol–water partition coefficient (Wildman–Crippen LogP) is 3.70. The SMILES string of the molecule is CC(NS(=O)(=O)c1ccc(C(C)(C)C)cc1)C(C)(C)C. The number of benzene rings is 1. The third-order valence-corrected chi connectivity index (χ3v) is 5.22. The van der Waals surface area contributed by atoms with Crippen LogP contribution >= 0.6 is 0 Å². The number of sulfonamides is 1. The molecule has 0 amide bonds. The van der Waals surface area contributed by atoms with E-state index >= 15 is 0 Å². The molecule has 1 atom stereocenters. The van der Waals surface area contributed by atoms with Gasteiger partial charge < -0.3 is 0 Å². The summed E-state index contributed by atoms with van der Waals surface area (Å²) in [5, 5.41) is 0. The smallest absolute Gasteiger partial charge is 0.208 e.